The second-order valence-corrected chi connectivity index (χ2v) is 4.52. The largest absolute Gasteiger partial charge is 0.290 e. The molecule has 0 spiro atoms. The minimum Gasteiger partial charge on any atom is -0.290 e. The first-order valence-corrected chi connectivity index (χ1v) is 5.44. The lowest BCUT2D eigenvalue weighted by atomic mass is 9.78. The van der Waals surface area contributed by atoms with Crippen LogP contribution in [0.2, 0.25) is 0 Å². The zero-order valence-corrected chi connectivity index (χ0v) is 9.60. The van der Waals surface area contributed by atoms with Crippen LogP contribution in [-0.4, -0.2) is 0 Å². The first-order chi connectivity index (χ1) is 7.60. The van der Waals surface area contributed by atoms with E-state index in [4.69, 9.17) is 0 Å². The molecule has 0 heterocycles. The molecule has 1 radical (unpaired) electrons. The molecule has 0 amide bonds. The van der Waals surface area contributed by atoms with Crippen LogP contribution in [0.5, 0.6) is 5.75 Å². The van der Waals surface area contributed by atoms with Gasteiger partial charge >= 0.3 is 0 Å². The Morgan fingerprint density at radius 3 is 2.06 bits per heavy atom. The fraction of sp³-hybridized carbons (Fsp3) is 0.200. The smallest absolute Gasteiger partial charge is 0.178 e. The molecule has 0 fully saturated rings. The topological polar surface area (TPSA) is 19.9 Å². The van der Waals surface area contributed by atoms with Crippen molar-refractivity contribution in [3.05, 3.63) is 65.7 Å². The molecule has 1 nitrogen and oxygen atoms in total. The van der Waals surface area contributed by atoms with E-state index in [-0.39, 0.29) is 11.2 Å². The van der Waals surface area contributed by atoms with Gasteiger partial charge in [-0.15, -0.1) is 0 Å². The molecule has 0 N–H and O–H groups in total. The zero-order chi connectivity index (χ0) is 11.6. The van der Waals surface area contributed by atoms with Gasteiger partial charge in [-0.2, -0.15) is 0 Å². The van der Waals surface area contributed by atoms with Gasteiger partial charge < -0.3 is 0 Å². The summed E-state index contributed by atoms with van der Waals surface area (Å²) in [6.07, 6.45) is 0. The van der Waals surface area contributed by atoms with Crippen molar-refractivity contribution in [2.24, 2.45) is 0 Å². The Morgan fingerprint density at radius 1 is 0.812 bits per heavy atom. The van der Waals surface area contributed by atoms with Crippen molar-refractivity contribution >= 4 is 0 Å². The number of benzene rings is 2. The maximum atomic E-state index is 11.4. The molecule has 0 unspecified atom stereocenters. The van der Waals surface area contributed by atoms with Gasteiger partial charge in [-0.05, 0) is 23.3 Å². The third kappa shape index (κ3) is 1.94. The summed E-state index contributed by atoms with van der Waals surface area (Å²) in [6, 6.07) is 17.4. The first-order valence-electron chi connectivity index (χ1n) is 5.44. The maximum Gasteiger partial charge on any atom is 0.178 e. The normalized spacial score (nSPS) is 11.4. The fourth-order valence-electron chi connectivity index (χ4n) is 1.91. The molecule has 16 heavy (non-hydrogen) atoms. The van der Waals surface area contributed by atoms with Crippen molar-refractivity contribution in [3.8, 4) is 5.75 Å². The summed E-state index contributed by atoms with van der Waals surface area (Å²) in [5, 5.41) is 11.4. The molecule has 2 aromatic carbocycles. The van der Waals surface area contributed by atoms with Gasteiger partial charge in [0.15, 0.2) is 5.75 Å². The summed E-state index contributed by atoms with van der Waals surface area (Å²) >= 11 is 0. The average molecular weight is 211 g/mol. The summed E-state index contributed by atoms with van der Waals surface area (Å²) in [5.74, 6) is 0.0708. The van der Waals surface area contributed by atoms with Crippen molar-refractivity contribution in [2.45, 2.75) is 19.3 Å². The predicted molar refractivity (Wildman–Crippen MR) is 65.1 cm³/mol. The predicted octanol–water partition coefficient (Wildman–Crippen LogP) is 4.16. The third-order valence-corrected chi connectivity index (χ3v) is 3.05. The van der Waals surface area contributed by atoms with Gasteiger partial charge in [-0.3, -0.25) is 5.11 Å². The third-order valence-electron chi connectivity index (χ3n) is 3.05. The first kappa shape index (κ1) is 10.7. The molecule has 0 bridgehead atoms. The lowest BCUT2D eigenvalue weighted by Crippen LogP contribution is -2.18. The highest BCUT2D eigenvalue weighted by Gasteiger charge is 2.22. The van der Waals surface area contributed by atoms with Gasteiger partial charge in [-0.25, -0.2) is 0 Å². The van der Waals surface area contributed by atoms with Crippen LogP contribution in [0.15, 0.2) is 54.6 Å². The Kier molecular flexibility index (Phi) is 2.69. The second-order valence-electron chi connectivity index (χ2n) is 4.52. The van der Waals surface area contributed by atoms with Crippen LogP contribution in [0.4, 0.5) is 0 Å². The molecule has 0 saturated heterocycles. The molecular weight excluding hydrogens is 196 g/mol. The Labute approximate surface area is 96.4 Å². The number of hydrogen-bond donors (Lipinski definition) is 0. The Hall–Kier alpha value is -1.76. The average Bonchev–Trinajstić information content (AvgIpc) is 2.30. The van der Waals surface area contributed by atoms with E-state index in [0.29, 0.717) is 0 Å². The molecular formula is C15H15O. The summed E-state index contributed by atoms with van der Waals surface area (Å²) in [6.45, 7) is 4.27. The van der Waals surface area contributed by atoms with E-state index in [1.807, 2.05) is 30.3 Å². The highest BCUT2D eigenvalue weighted by Crippen LogP contribution is 2.32. The minimum absolute atomic E-state index is 0.0708. The summed E-state index contributed by atoms with van der Waals surface area (Å²) < 4.78 is 0. The maximum absolute atomic E-state index is 11.4. The summed E-state index contributed by atoms with van der Waals surface area (Å²) in [7, 11) is 0. The summed E-state index contributed by atoms with van der Waals surface area (Å²) in [5.41, 5.74) is 2.16. The zero-order valence-electron chi connectivity index (χ0n) is 9.60. The monoisotopic (exact) mass is 211 g/mol. The Balaban J connectivity index is 2.47. The van der Waals surface area contributed by atoms with Gasteiger partial charge in [0.05, 0.1) is 0 Å². The molecule has 81 valence electrons. The van der Waals surface area contributed by atoms with Crippen LogP contribution in [0.1, 0.15) is 25.0 Å². The van der Waals surface area contributed by atoms with Gasteiger partial charge in [0.25, 0.3) is 0 Å². The van der Waals surface area contributed by atoms with Crippen LogP contribution in [0, 0.1) is 0 Å². The van der Waals surface area contributed by atoms with Crippen LogP contribution in [0.25, 0.3) is 0 Å². The van der Waals surface area contributed by atoms with Crippen LogP contribution >= 0.6 is 0 Å². The molecule has 0 aliphatic carbocycles. The standard InChI is InChI=1S/C15H15O/c1-15(2,12-7-4-3-5-8-12)13-9-6-10-14(16)11-13/h3-11H,1-2H3. The van der Waals surface area contributed by atoms with Crippen LogP contribution in [0.3, 0.4) is 0 Å². The molecule has 0 atom stereocenters. The molecule has 1 heteroatoms. The van der Waals surface area contributed by atoms with Crippen molar-refractivity contribution in [1.82, 2.24) is 0 Å². The molecule has 0 aliphatic heterocycles. The van der Waals surface area contributed by atoms with Gasteiger partial charge in [0, 0.05) is 5.41 Å². The fourth-order valence-corrected chi connectivity index (χ4v) is 1.91. The van der Waals surface area contributed by atoms with Gasteiger partial charge in [-0.1, -0.05) is 56.3 Å². The van der Waals surface area contributed by atoms with Crippen molar-refractivity contribution < 1.29 is 5.11 Å². The van der Waals surface area contributed by atoms with Crippen molar-refractivity contribution in [2.75, 3.05) is 0 Å². The lowest BCUT2D eigenvalue weighted by molar-refractivity contribution is 0.353. The number of hydrogen-bond acceptors (Lipinski definition) is 0. The van der Waals surface area contributed by atoms with E-state index in [2.05, 4.69) is 26.0 Å². The molecule has 0 aromatic heterocycles. The SMILES string of the molecule is CC(C)(c1ccccc1)c1cccc([O])c1. The molecule has 0 aliphatic rings. The molecule has 2 aromatic rings. The number of rotatable bonds is 2. The Morgan fingerprint density at radius 2 is 1.44 bits per heavy atom. The quantitative estimate of drug-likeness (QED) is 0.711. The highest BCUT2D eigenvalue weighted by atomic mass is 16.3. The van der Waals surface area contributed by atoms with E-state index >= 15 is 0 Å². The second kappa shape index (κ2) is 4.01. The van der Waals surface area contributed by atoms with Gasteiger partial charge in [0.1, 0.15) is 0 Å². The molecule has 2 rings (SSSR count). The van der Waals surface area contributed by atoms with E-state index < -0.39 is 0 Å². The Bertz CT molecular complexity index is 472. The highest BCUT2D eigenvalue weighted by molar-refractivity contribution is 5.40. The van der Waals surface area contributed by atoms with Crippen molar-refractivity contribution in [1.29, 1.82) is 0 Å². The van der Waals surface area contributed by atoms with Crippen LogP contribution in [-0.2, 0) is 10.5 Å². The molecule has 0 saturated carbocycles. The lowest BCUT2D eigenvalue weighted by Gasteiger charge is -2.25. The van der Waals surface area contributed by atoms with E-state index in [1.54, 1.807) is 12.1 Å². The van der Waals surface area contributed by atoms with Crippen molar-refractivity contribution in [3.63, 3.8) is 0 Å². The van der Waals surface area contributed by atoms with E-state index in [0.717, 1.165) is 5.56 Å². The van der Waals surface area contributed by atoms with E-state index in [9.17, 15) is 5.11 Å². The van der Waals surface area contributed by atoms with Crippen LogP contribution < -0.4 is 0 Å². The summed E-state index contributed by atoms with van der Waals surface area (Å²) in [4.78, 5) is 0. The van der Waals surface area contributed by atoms with Gasteiger partial charge in [0.2, 0.25) is 0 Å². The minimum atomic E-state index is -0.123. The van der Waals surface area contributed by atoms with E-state index in [1.165, 1.54) is 5.56 Å².